The summed E-state index contributed by atoms with van der Waals surface area (Å²) in [7, 11) is 2.23. The number of hydrogen-bond acceptors (Lipinski definition) is 3. The van der Waals surface area contributed by atoms with E-state index in [1.165, 1.54) is 45.2 Å². The molecule has 0 amide bonds. The molecule has 0 aromatic carbocycles. The van der Waals surface area contributed by atoms with Gasteiger partial charge in [-0.05, 0) is 45.7 Å². The van der Waals surface area contributed by atoms with Gasteiger partial charge >= 0.3 is 0 Å². The normalized spacial score (nSPS) is 24.7. The van der Waals surface area contributed by atoms with Crippen molar-refractivity contribution < 1.29 is 4.74 Å². The Hall–Kier alpha value is -0.120. The summed E-state index contributed by atoms with van der Waals surface area (Å²) < 4.78 is 5.43. The van der Waals surface area contributed by atoms with Crippen molar-refractivity contribution >= 4 is 0 Å². The van der Waals surface area contributed by atoms with Crippen LogP contribution in [0.15, 0.2) is 0 Å². The number of rotatable bonds is 9. The van der Waals surface area contributed by atoms with Crippen molar-refractivity contribution in [1.29, 1.82) is 0 Å². The van der Waals surface area contributed by atoms with Crippen LogP contribution < -0.4 is 5.32 Å². The lowest BCUT2D eigenvalue weighted by molar-refractivity contribution is 0.108. The van der Waals surface area contributed by atoms with Gasteiger partial charge in [0.15, 0.2) is 0 Å². The van der Waals surface area contributed by atoms with Crippen LogP contribution in [0.4, 0.5) is 0 Å². The highest BCUT2D eigenvalue weighted by Crippen LogP contribution is 2.25. The molecule has 2 unspecified atom stereocenters. The number of hydrogen-bond donors (Lipinski definition) is 1. The minimum absolute atomic E-state index is 0.744. The molecule has 0 aromatic rings. The van der Waals surface area contributed by atoms with Gasteiger partial charge in [-0.25, -0.2) is 0 Å². The first kappa shape index (κ1) is 15.9. The molecule has 1 N–H and O–H groups in total. The third-order valence-corrected chi connectivity index (χ3v) is 3.93. The molecule has 1 aliphatic rings. The molecule has 1 saturated carbocycles. The Morgan fingerprint density at radius 1 is 1.22 bits per heavy atom. The molecule has 108 valence electrons. The third-order valence-electron chi connectivity index (χ3n) is 3.93. The smallest absolute Gasteiger partial charge is 0.0593 e. The highest BCUT2D eigenvalue weighted by molar-refractivity contribution is 4.82. The van der Waals surface area contributed by atoms with Gasteiger partial charge in [-0.2, -0.15) is 0 Å². The van der Waals surface area contributed by atoms with E-state index >= 15 is 0 Å². The molecular weight excluding hydrogens is 224 g/mol. The summed E-state index contributed by atoms with van der Waals surface area (Å²) in [6.07, 6.45) is 6.81. The van der Waals surface area contributed by atoms with Crippen molar-refractivity contribution in [3.8, 4) is 0 Å². The summed E-state index contributed by atoms with van der Waals surface area (Å²) in [6.45, 7) is 9.46. The Bertz CT molecular complexity index is 199. The molecule has 1 fully saturated rings. The van der Waals surface area contributed by atoms with Gasteiger partial charge in [-0.15, -0.1) is 0 Å². The average molecular weight is 256 g/mol. The molecule has 3 heteroatoms. The zero-order valence-electron chi connectivity index (χ0n) is 12.6. The van der Waals surface area contributed by atoms with Crippen LogP contribution in [0.5, 0.6) is 0 Å². The fraction of sp³-hybridized carbons (Fsp3) is 1.00. The number of ether oxygens (including phenoxy) is 1. The third kappa shape index (κ3) is 6.17. The van der Waals surface area contributed by atoms with E-state index in [1.54, 1.807) is 0 Å². The van der Waals surface area contributed by atoms with E-state index in [0.29, 0.717) is 0 Å². The van der Waals surface area contributed by atoms with Crippen LogP contribution in [-0.4, -0.2) is 50.8 Å². The molecule has 0 spiro atoms. The van der Waals surface area contributed by atoms with E-state index < -0.39 is 0 Å². The first-order valence-corrected chi connectivity index (χ1v) is 7.77. The summed E-state index contributed by atoms with van der Waals surface area (Å²) in [5.74, 6) is 0.830. The lowest BCUT2D eigenvalue weighted by Crippen LogP contribution is -2.44. The minimum Gasteiger partial charge on any atom is -0.380 e. The van der Waals surface area contributed by atoms with Crippen LogP contribution in [0, 0.1) is 5.92 Å². The maximum Gasteiger partial charge on any atom is 0.0593 e. The predicted octanol–water partition coefficient (Wildman–Crippen LogP) is 2.51. The first-order chi connectivity index (χ1) is 8.77. The van der Waals surface area contributed by atoms with Crippen molar-refractivity contribution in [2.75, 3.05) is 39.9 Å². The van der Waals surface area contributed by atoms with E-state index in [1.807, 2.05) is 0 Å². The fourth-order valence-electron chi connectivity index (χ4n) is 2.88. The topological polar surface area (TPSA) is 24.5 Å². The second-order valence-electron chi connectivity index (χ2n) is 5.56. The van der Waals surface area contributed by atoms with Gasteiger partial charge in [0.2, 0.25) is 0 Å². The number of likely N-dealkylation sites (N-methyl/N-ethyl adjacent to an activating group) is 1. The van der Waals surface area contributed by atoms with Crippen LogP contribution in [0.25, 0.3) is 0 Å². The summed E-state index contributed by atoms with van der Waals surface area (Å²) in [5, 5.41) is 3.74. The van der Waals surface area contributed by atoms with Gasteiger partial charge in [-0.3, -0.25) is 0 Å². The molecule has 3 nitrogen and oxygen atoms in total. The predicted molar refractivity (Wildman–Crippen MR) is 78.0 cm³/mol. The van der Waals surface area contributed by atoms with Gasteiger partial charge in [-0.1, -0.05) is 19.8 Å². The van der Waals surface area contributed by atoms with Crippen molar-refractivity contribution in [3.05, 3.63) is 0 Å². The van der Waals surface area contributed by atoms with Crippen LogP contribution in [0.2, 0.25) is 0 Å². The van der Waals surface area contributed by atoms with Crippen molar-refractivity contribution in [2.24, 2.45) is 5.92 Å². The second-order valence-corrected chi connectivity index (χ2v) is 5.56. The number of nitrogens with one attached hydrogen (secondary N) is 1. The molecule has 1 rings (SSSR count). The SMILES string of the molecule is CCCNC1CCCCC1CN(C)CCOCC. The molecule has 0 aliphatic heterocycles. The summed E-state index contributed by atoms with van der Waals surface area (Å²) in [4.78, 5) is 2.44. The second kappa shape index (κ2) is 9.76. The van der Waals surface area contributed by atoms with Crippen LogP contribution in [-0.2, 0) is 4.74 Å². The Balaban J connectivity index is 2.26. The summed E-state index contributed by atoms with van der Waals surface area (Å²) >= 11 is 0. The van der Waals surface area contributed by atoms with Crippen LogP contribution >= 0.6 is 0 Å². The van der Waals surface area contributed by atoms with E-state index in [-0.39, 0.29) is 0 Å². The molecule has 1 aliphatic carbocycles. The monoisotopic (exact) mass is 256 g/mol. The zero-order valence-corrected chi connectivity index (χ0v) is 12.6. The summed E-state index contributed by atoms with van der Waals surface area (Å²) in [6, 6.07) is 0.744. The Morgan fingerprint density at radius 3 is 2.72 bits per heavy atom. The van der Waals surface area contributed by atoms with Gasteiger partial charge in [0.05, 0.1) is 6.61 Å². The quantitative estimate of drug-likeness (QED) is 0.642. The van der Waals surface area contributed by atoms with Crippen LogP contribution in [0.3, 0.4) is 0 Å². The van der Waals surface area contributed by atoms with E-state index in [9.17, 15) is 0 Å². The van der Waals surface area contributed by atoms with Gasteiger partial charge < -0.3 is 15.0 Å². The molecule has 0 bridgehead atoms. The molecule has 0 heterocycles. The molecule has 0 aromatic heterocycles. The molecule has 0 radical (unpaired) electrons. The van der Waals surface area contributed by atoms with E-state index in [0.717, 1.165) is 31.7 Å². The van der Waals surface area contributed by atoms with E-state index in [2.05, 4.69) is 31.1 Å². The van der Waals surface area contributed by atoms with Crippen LogP contribution in [0.1, 0.15) is 46.0 Å². The zero-order chi connectivity index (χ0) is 13.2. The largest absolute Gasteiger partial charge is 0.380 e. The highest BCUT2D eigenvalue weighted by Gasteiger charge is 2.25. The van der Waals surface area contributed by atoms with Gasteiger partial charge in [0, 0.05) is 25.7 Å². The standard InChI is InChI=1S/C15H32N2O/c1-4-10-16-15-9-7-6-8-14(15)13-17(3)11-12-18-5-2/h14-16H,4-13H2,1-3H3. The maximum atomic E-state index is 5.43. The number of nitrogens with zero attached hydrogens (tertiary/aromatic N) is 1. The highest BCUT2D eigenvalue weighted by atomic mass is 16.5. The maximum absolute atomic E-state index is 5.43. The Kier molecular flexibility index (Phi) is 8.64. The molecule has 18 heavy (non-hydrogen) atoms. The lowest BCUT2D eigenvalue weighted by atomic mass is 9.84. The van der Waals surface area contributed by atoms with Crippen molar-refractivity contribution in [2.45, 2.75) is 52.0 Å². The molecule has 2 atom stereocenters. The van der Waals surface area contributed by atoms with Crippen molar-refractivity contribution in [1.82, 2.24) is 10.2 Å². The lowest BCUT2D eigenvalue weighted by Gasteiger charge is -2.35. The molecular formula is C15H32N2O. The minimum atomic E-state index is 0.744. The van der Waals surface area contributed by atoms with E-state index in [4.69, 9.17) is 4.74 Å². The summed E-state index contributed by atoms with van der Waals surface area (Å²) in [5.41, 5.74) is 0. The average Bonchev–Trinajstić information content (AvgIpc) is 2.38. The fourth-order valence-corrected chi connectivity index (χ4v) is 2.88. The van der Waals surface area contributed by atoms with Crippen molar-refractivity contribution in [3.63, 3.8) is 0 Å². The van der Waals surface area contributed by atoms with Gasteiger partial charge in [0.25, 0.3) is 0 Å². The first-order valence-electron chi connectivity index (χ1n) is 7.77. The molecule has 0 saturated heterocycles. The Labute approximate surface area is 113 Å². The Morgan fingerprint density at radius 2 is 2.00 bits per heavy atom. The van der Waals surface area contributed by atoms with Gasteiger partial charge in [0.1, 0.15) is 0 Å².